The van der Waals surface area contributed by atoms with Gasteiger partial charge in [-0.15, -0.1) is 0 Å². The highest BCUT2D eigenvalue weighted by Crippen LogP contribution is 2.31. The average molecular weight is 320 g/mol. The second-order valence-electron chi connectivity index (χ2n) is 5.59. The molecule has 6 heteroatoms. The van der Waals surface area contributed by atoms with Crippen molar-refractivity contribution in [1.82, 2.24) is 4.90 Å². The van der Waals surface area contributed by atoms with Crippen molar-refractivity contribution in [3.8, 4) is 11.5 Å². The maximum Gasteiger partial charge on any atom is 0.242 e. The molecule has 126 valence electrons. The molecular weight excluding hydrogens is 296 g/mol. The quantitative estimate of drug-likeness (QED) is 0.833. The van der Waals surface area contributed by atoms with Crippen LogP contribution in [0, 0.1) is 0 Å². The normalized spacial score (nSPS) is 14.3. The lowest BCUT2D eigenvalue weighted by Gasteiger charge is -2.30. The molecule has 1 aliphatic heterocycles. The van der Waals surface area contributed by atoms with Gasteiger partial charge in [0.25, 0.3) is 0 Å². The Kier molecular flexibility index (Phi) is 5.84. The molecule has 0 saturated carbocycles. The highest BCUT2D eigenvalue weighted by Gasteiger charge is 2.22. The molecule has 1 aromatic carbocycles. The molecule has 2 rings (SSSR count). The van der Waals surface area contributed by atoms with Crippen LogP contribution in [0.2, 0.25) is 0 Å². The van der Waals surface area contributed by atoms with Crippen molar-refractivity contribution in [1.29, 1.82) is 0 Å². The van der Waals surface area contributed by atoms with Crippen LogP contribution in [0.1, 0.15) is 26.2 Å². The maximum absolute atomic E-state index is 12.4. The first-order chi connectivity index (χ1) is 11.1. The first kappa shape index (κ1) is 17.1. The maximum atomic E-state index is 12.4. The van der Waals surface area contributed by atoms with E-state index in [1.54, 1.807) is 32.4 Å². The van der Waals surface area contributed by atoms with Crippen LogP contribution >= 0.6 is 0 Å². The Hall–Kier alpha value is -2.24. The molecule has 2 amide bonds. The average Bonchev–Trinajstić information content (AvgIpc) is 2.59. The fraction of sp³-hybridized carbons (Fsp3) is 0.529. The van der Waals surface area contributed by atoms with Gasteiger partial charge in [-0.1, -0.05) is 0 Å². The second kappa shape index (κ2) is 7.85. The summed E-state index contributed by atoms with van der Waals surface area (Å²) in [5.74, 6) is 0.918. The lowest BCUT2D eigenvalue weighted by atomic mass is 10.1. The fourth-order valence-electron chi connectivity index (χ4n) is 2.76. The minimum absolute atomic E-state index is 0.0188. The van der Waals surface area contributed by atoms with Crippen LogP contribution in [0.25, 0.3) is 0 Å². The molecule has 1 saturated heterocycles. The zero-order valence-electron chi connectivity index (χ0n) is 14.0. The van der Waals surface area contributed by atoms with Gasteiger partial charge in [-0.25, -0.2) is 0 Å². The number of carbonyl (C=O) groups is 2. The third kappa shape index (κ3) is 4.15. The number of carbonyl (C=O) groups excluding carboxylic acids is 2. The molecule has 0 atom stereocenters. The second-order valence-corrected chi connectivity index (χ2v) is 5.59. The van der Waals surface area contributed by atoms with E-state index >= 15 is 0 Å². The number of ether oxygens (including phenoxy) is 2. The summed E-state index contributed by atoms with van der Waals surface area (Å²) >= 11 is 0. The topological polar surface area (TPSA) is 59.1 Å². The van der Waals surface area contributed by atoms with E-state index in [-0.39, 0.29) is 18.4 Å². The number of hydrogen-bond donors (Lipinski definition) is 0. The minimum atomic E-state index is -0.178. The Morgan fingerprint density at radius 1 is 1.09 bits per heavy atom. The first-order valence-corrected chi connectivity index (χ1v) is 7.84. The van der Waals surface area contributed by atoms with Crippen molar-refractivity contribution in [2.75, 3.05) is 38.8 Å². The smallest absolute Gasteiger partial charge is 0.242 e. The van der Waals surface area contributed by atoms with E-state index in [0.717, 1.165) is 32.4 Å². The molecule has 0 aromatic heterocycles. The van der Waals surface area contributed by atoms with Gasteiger partial charge >= 0.3 is 0 Å². The number of rotatable bonds is 5. The van der Waals surface area contributed by atoms with Crippen molar-refractivity contribution in [3.05, 3.63) is 18.2 Å². The van der Waals surface area contributed by atoms with E-state index < -0.39 is 0 Å². The van der Waals surface area contributed by atoms with Crippen molar-refractivity contribution in [3.63, 3.8) is 0 Å². The molecule has 0 aliphatic carbocycles. The Bertz CT molecular complexity index is 568. The van der Waals surface area contributed by atoms with Gasteiger partial charge in [0.1, 0.15) is 6.54 Å². The van der Waals surface area contributed by atoms with Crippen LogP contribution in [-0.2, 0) is 9.59 Å². The number of piperidine rings is 1. The molecule has 0 radical (unpaired) electrons. The number of hydrogen-bond acceptors (Lipinski definition) is 4. The van der Waals surface area contributed by atoms with E-state index in [4.69, 9.17) is 9.47 Å². The minimum Gasteiger partial charge on any atom is -0.493 e. The standard InChI is InChI=1S/C17H24N2O4/c1-13(20)19(12-17(21)18-9-5-4-6-10-18)14-7-8-15(22-2)16(11-14)23-3/h7-8,11H,4-6,9-10,12H2,1-3H3. The van der Waals surface area contributed by atoms with Gasteiger partial charge in [-0.05, 0) is 31.4 Å². The number of likely N-dealkylation sites (tertiary alicyclic amines) is 1. The lowest BCUT2D eigenvalue weighted by molar-refractivity contribution is -0.132. The summed E-state index contributed by atoms with van der Waals surface area (Å²) in [4.78, 5) is 27.7. The Balaban J connectivity index is 2.17. The van der Waals surface area contributed by atoms with Crippen molar-refractivity contribution in [2.24, 2.45) is 0 Å². The fourth-order valence-corrected chi connectivity index (χ4v) is 2.76. The lowest BCUT2D eigenvalue weighted by Crippen LogP contribution is -2.44. The Labute approximate surface area is 137 Å². The SMILES string of the molecule is COc1ccc(N(CC(=O)N2CCCCC2)C(C)=O)cc1OC. The van der Waals surface area contributed by atoms with E-state index in [2.05, 4.69) is 0 Å². The number of methoxy groups -OCH3 is 2. The van der Waals surface area contributed by atoms with Crippen LogP contribution in [-0.4, -0.2) is 50.6 Å². The zero-order valence-corrected chi connectivity index (χ0v) is 14.0. The van der Waals surface area contributed by atoms with Crippen LogP contribution in [0.5, 0.6) is 11.5 Å². The predicted molar refractivity (Wildman–Crippen MR) is 88.0 cm³/mol. The molecular formula is C17H24N2O4. The Morgan fingerprint density at radius 3 is 2.30 bits per heavy atom. The summed E-state index contributed by atoms with van der Waals surface area (Å²) < 4.78 is 10.5. The van der Waals surface area contributed by atoms with Crippen LogP contribution < -0.4 is 14.4 Å². The predicted octanol–water partition coefficient (Wildman–Crippen LogP) is 2.07. The summed E-state index contributed by atoms with van der Waals surface area (Å²) in [7, 11) is 3.10. The molecule has 6 nitrogen and oxygen atoms in total. The molecule has 0 N–H and O–H groups in total. The van der Waals surface area contributed by atoms with E-state index in [0.29, 0.717) is 17.2 Å². The summed E-state index contributed by atoms with van der Waals surface area (Å²) in [6.07, 6.45) is 3.22. The van der Waals surface area contributed by atoms with Gasteiger partial charge in [-0.2, -0.15) is 0 Å². The Morgan fingerprint density at radius 2 is 1.74 bits per heavy atom. The van der Waals surface area contributed by atoms with Gasteiger partial charge in [-0.3, -0.25) is 9.59 Å². The third-order valence-corrected chi connectivity index (χ3v) is 4.06. The molecule has 23 heavy (non-hydrogen) atoms. The first-order valence-electron chi connectivity index (χ1n) is 7.84. The highest BCUT2D eigenvalue weighted by molar-refractivity contribution is 5.97. The van der Waals surface area contributed by atoms with Crippen molar-refractivity contribution in [2.45, 2.75) is 26.2 Å². The highest BCUT2D eigenvalue weighted by atomic mass is 16.5. The van der Waals surface area contributed by atoms with E-state index in [1.807, 2.05) is 4.90 Å². The van der Waals surface area contributed by atoms with Gasteiger partial charge in [0.2, 0.25) is 11.8 Å². The third-order valence-electron chi connectivity index (χ3n) is 4.06. The number of benzene rings is 1. The van der Waals surface area contributed by atoms with Crippen LogP contribution in [0.15, 0.2) is 18.2 Å². The van der Waals surface area contributed by atoms with E-state index in [9.17, 15) is 9.59 Å². The monoisotopic (exact) mass is 320 g/mol. The molecule has 1 heterocycles. The molecule has 0 unspecified atom stereocenters. The van der Waals surface area contributed by atoms with Gasteiger partial charge in [0.15, 0.2) is 11.5 Å². The van der Waals surface area contributed by atoms with Gasteiger partial charge in [0.05, 0.1) is 14.2 Å². The number of anilines is 1. The van der Waals surface area contributed by atoms with Gasteiger partial charge < -0.3 is 19.3 Å². The zero-order chi connectivity index (χ0) is 16.8. The van der Waals surface area contributed by atoms with Crippen LogP contribution in [0.4, 0.5) is 5.69 Å². The van der Waals surface area contributed by atoms with Crippen molar-refractivity contribution < 1.29 is 19.1 Å². The molecule has 0 bridgehead atoms. The van der Waals surface area contributed by atoms with Crippen molar-refractivity contribution >= 4 is 17.5 Å². The number of amides is 2. The molecule has 1 aromatic rings. The largest absolute Gasteiger partial charge is 0.493 e. The number of nitrogens with zero attached hydrogens (tertiary/aromatic N) is 2. The van der Waals surface area contributed by atoms with Crippen LogP contribution in [0.3, 0.4) is 0 Å². The summed E-state index contributed by atoms with van der Waals surface area (Å²) in [5, 5.41) is 0. The van der Waals surface area contributed by atoms with Gasteiger partial charge in [0, 0.05) is 31.8 Å². The summed E-state index contributed by atoms with van der Waals surface area (Å²) in [5.41, 5.74) is 0.625. The van der Waals surface area contributed by atoms with E-state index in [1.165, 1.54) is 11.8 Å². The molecule has 1 fully saturated rings. The summed E-state index contributed by atoms with van der Waals surface area (Å²) in [6, 6.07) is 5.20. The summed E-state index contributed by atoms with van der Waals surface area (Å²) in [6.45, 7) is 3.05. The molecule has 0 spiro atoms. The molecule has 1 aliphatic rings.